The first-order valence-electron chi connectivity index (χ1n) is 9.72. The number of hydrogen-bond acceptors (Lipinski definition) is 4. The topological polar surface area (TPSA) is 58.2 Å². The average Bonchev–Trinajstić information content (AvgIpc) is 2.66. The Labute approximate surface area is 177 Å². The van der Waals surface area contributed by atoms with Gasteiger partial charge in [-0.15, -0.1) is 0 Å². The molecule has 5 heteroatoms. The van der Waals surface area contributed by atoms with Gasteiger partial charge in [-0.25, -0.2) is 0 Å². The van der Waals surface area contributed by atoms with Crippen molar-refractivity contribution in [2.24, 2.45) is 5.41 Å². The number of ketones is 2. The highest BCUT2D eigenvalue weighted by Gasteiger charge is 2.34. The first-order chi connectivity index (χ1) is 13.7. The third kappa shape index (κ3) is 5.39. The maximum atomic E-state index is 12.9. The van der Waals surface area contributed by atoms with E-state index in [9.17, 15) is 9.59 Å². The van der Waals surface area contributed by atoms with Gasteiger partial charge >= 0.3 is 0 Å². The Morgan fingerprint density at radius 3 is 2.31 bits per heavy atom. The second-order valence-electron chi connectivity index (χ2n) is 8.22. The van der Waals surface area contributed by atoms with Crippen molar-refractivity contribution < 1.29 is 9.59 Å². The molecule has 1 aliphatic carbocycles. The minimum absolute atomic E-state index is 0.0129. The molecule has 0 amide bonds. The summed E-state index contributed by atoms with van der Waals surface area (Å²) in [6.45, 7) is 6.37. The van der Waals surface area contributed by atoms with Crippen molar-refractivity contribution in [1.29, 1.82) is 0 Å². The highest BCUT2D eigenvalue weighted by molar-refractivity contribution is 7.81. The van der Waals surface area contributed by atoms with Crippen LogP contribution in [0.15, 0.2) is 65.9 Å². The molecule has 1 aliphatic rings. The molecule has 0 radical (unpaired) electrons. The molecule has 4 nitrogen and oxygen atoms in total. The Bertz CT molecular complexity index is 960. The molecular weight excluding hydrogens is 380 g/mol. The number of hydrogen-bond donors (Lipinski definition) is 2. The molecule has 0 spiro atoms. The average molecular weight is 407 g/mol. The minimum atomic E-state index is -0.113. The molecule has 0 saturated heterocycles. The van der Waals surface area contributed by atoms with Crippen LogP contribution in [-0.2, 0) is 11.3 Å². The molecule has 2 aromatic rings. The lowest BCUT2D eigenvalue weighted by Crippen LogP contribution is -2.35. The summed E-state index contributed by atoms with van der Waals surface area (Å²) >= 11 is 5.60. The van der Waals surface area contributed by atoms with E-state index >= 15 is 0 Å². The number of rotatable bonds is 6. The minimum Gasteiger partial charge on any atom is -0.384 e. The normalized spacial score (nSPS) is 15.8. The maximum absolute atomic E-state index is 12.9. The Morgan fingerprint density at radius 1 is 1.03 bits per heavy atom. The van der Waals surface area contributed by atoms with Gasteiger partial charge in [-0.3, -0.25) is 9.59 Å². The molecule has 2 N–H and O–H groups in total. The van der Waals surface area contributed by atoms with Crippen LogP contribution in [0.5, 0.6) is 0 Å². The van der Waals surface area contributed by atoms with Crippen LogP contribution in [0.25, 0.3) is 0 Å². The predicted molar refractivity (Wildman–Crippen MR) is 121 cm³/mol. The van der Waals surface area contributed by atoms with Crippen LogP contribution < -0.4 is 10.6 Å². The predicted octanol–water partition coefficient (Wildman–Crippen LogP) is 5.06. The van der Waals surface area contributed by atoms with Crippen LogP contribution >= 0.6 is 12.2 Å². The Kier molecular flexibility index (Phi) is 6.28. The SMILES string of the molecule is CC(=O)c1ccc(NC(=S)C2=C(NCc3ccccc3)CC(C)(C)CC2=O)cc1. The van der Waals surface area contributed by atoms with Gasteiger partial charge in [0.15, 0.2) is 11.6 Å². The third-order valence-corrected chi connectivity index (χ3v) is 5.31. The zero-order valence-electron chi connectivity index (χ0n) is 17.0. The monoisotopic (exact) mass is 406 g/mol. The molecule has 0 bridgehead atoms. The lowest BCUT2D eigenvalue weighted by Gasteiger charge is -2.33. The van der Waals surface area contributed by atoms with Crippen molar-refractivity contribution in [1.82, 2.24) is 5.32 Å². The van der Waals surface area contributed by atoms with Crippen LogP contribution in [0, 0.1) is 5.41 Å². The Balaban J connectivity index is 1.83. The molecule has 0 aliphatic heterocycles. The molecule has 0 fully saturated rings. The van der Waals surface area contributed by atoms with Crippen molar-refractivity contribution in [2.75, 3.05) is 5.32 Å². The van der Waals surface area contributed by atoms with E-state index in [1.807, 2.05) is 18.2 Å². The van der Waals surface area contributed by atoms with Crippen LogP contribution in [0.1, 0.15) is 49.5 Å². The number of thiocarbonyl (C=S) groups is 1. The quantitative estimate of drug-likeness (QED) is 0.519. The lowest BCUT2D eigenvalue weighted by molar-refractivity contribution is -0.117. The molecule has 0 saturated carbocycles. The van der Waals surface area contributed by atoms with E-state index in [1.165, 1.54) is 6.92 Å². The van der Waals surface area contributed by atoms with Gasteiger partial charge in [0.1, 0.15) is 4.99 Å². The lowest BCUT2D eigenvalue weighted by atomic mass is 9.75. The van der Waals surface area contributed by atoms with Gasteiger partial charge in [-0.1, -0.05) is 56.4 Å². The van der Waals surface area contributed by atoms with Crippen LogP contribution in [-0.4, -0.2) is 16.6 Å². The second-order valence-corrected chi connectivity index (χ2v) is 8.63. The summed E-state index contributed by atoms with van der Waals surface area (Å²) in [5, 5.41) is 6.62. The zero-order chi connectivity index (χ0) is 21.0. The maximum Gasteiger partial charge on any atom is 0.168 e. The van der Waals surface area contributed by atoms with E-state index in [-0.39, 0.29) is 17.0 Å². The van der Waals surface area contributed by atoms with Crippen LogP contribution in [0.4, 0.5) is 5.69 Å². The molecular formula is C24H26N2O2S. The number of allylic oxidation sites excluding steroid dienone is 1. The summed E-state index contributed by atoms with van der Waals surface area (Å²) in [7, 11) is 0. The van der Waals surface area contributed by atoms with Crippen molar-refractivity contribution in [3.05, 3.63) is 77.0 Å². The van der Waals surface area contributed by atoms with Crippen LogP contribution in [0.2, 0.25) is 0 Å². The van der Waals surface area contributed by atoms with Gasteiger partial charge in [0.25, 0.3) is 0 Å². The summed E-state index contributed by atoms with van der Waals surface area (Å²) < 4.78 is 0. The Hall–Kier alpha value is -2.79. The van der Waals surface area contributed by atoms with Crippen molar-refractivity contribution in [2.45, 2.75) is 40.2 Å². The van der Waals surface area contributed by atoms with E-state index in [0.29, 0.717) is 29.1 Å². The number of nitrogens with one attached hydrogen (secondary N) is 2. The fourth-order valence-electron chi connectivity index (χ4n) is 3.52. The van der Waals surface area contributed by atoms with Gasteiger partial charge in [-0.05, 0) is 48.6 Å². The molecule has 2 aromatic carbocycles. The van der Waals surface area contributed by atoms with Crippen LogP contribution in [0.3, 0.4) is 0 Å². The van der Waals surface area contributed by atoms with Gasteiger partial charge in [0.05, 0.1) is 5.57 Å². The van der Waals surface area contributed by atoms with Crippen molar-refractivity contribution in [3.63, 3.8) is 0 Å². The molecule has 3 rings (SSSR count). The van der Waals surface area contributed by atoms with Gasteiger partial charge < -0.3 is 10.6 Å². The van der Waals surface area contributed by atoms with Gasteiger partial charge in [0, 0.05) is 29.9 Å². The highest BCUT2D eigenvalue weighted by atomic mass is 32.1. The standard InChI is InChI=1S/C24H26N2O2S/c1-16(27)18-9-11-19(12-10-18)26-23(29)22-20(13-24(2,3)14-21(22)28)25-15-17-7-5-4-6-8-17/h4-12,25H,13-15H2,1-3H3,(H,26,29). The first kappa shape index (κ1) is 20.9. The third-order valence-electron chi connectivity index (χ3n) is 5.00. The largest absolute Gasteiger partial charge is 0.384 e. The summed E-state index contributed by atoms with van der Waals surface area (Å²) in [5.74, 6) is 0.0635. The van der Waals surface area contributed by atoms with E-state index in [0.717, 1.165) is 23.4 Å². The summed E-state index contributed by atoms with van der Waals surface area (Å²) in [5.41, 5.74) is 3.87. The second kappa shape index (κ2) is 8.70. The molecule has 0 heterocycles. The Morgan fingerprint density at radius 2 is 1.69 bits per heavy atom. The molecule has 150 valence electrons. The molecule has 0 aromatic heterocycles. The van der Waals surface area contributed by atoms with Gasteiger partial charge in [-0.2, -0.15) is 0 Å². The smallest absolute Gasteiger partial charge is 0.168 e. The number of Topliss-reactive ketones (excluding diaryl/α,β-unsaturated/α-hetero) is 2. The zero-order valence-corrected chi connectivity index (χ0v) is 17.9. The molecule has 29 heavy (non-hydrogen) atoms. The van der Waals surface area contributed by atoms with E-state index in [1.54, 1.807) is 24.3 Å². The van der Waals surface area contributed by atoms with E-state index < -0.39 is 0 Å². The van der Waals surface area contributed by atoms with E-state index in [2.05, 4.69) is 36.6 Å². The fraction of sp³-hybridized carbons (Fsp3) is 0.292. The summed E-state index contributed by atoms with van der Waals surface area (Å²) in [6.07, 6.45) is 1.22. The van der Waals surface area contributed by atoms with Crippen molar-refractivity contribution in [3.8, 4) is 0 Å². The molecule has 0 unspecified atom stereocenters. The fourth-order valence-corrected chi connectivity index (χ4v) is 3.88. The highest BCUT2D eigenvalue weighted by Crippen LogP contribution is 2.36. The number of carbonyl (C=O) groups excluding carboxylic acids is 2. The first-order valence-corrected chi connectivity index (χ1v) is 10.1. The van der Waals surface area contributed by atoms with Gasteiger partial charge in [0.2, 0.25) is 0 Å². The number of benzene rings is 2. The summed E-state index contributed by atoms with van der Waals surface area (Å²) in [4.78, 5) is 24.8. The summed E-state index contributed by atoms with van der Waals surface area (Å²) in [6, 6.07) is 17.2. The number of carbonyl (C=O) groups is 2. The van der Waals surface area contributed by atoms with E-state index in [4.69, 9.17) is 12.2 Å². The molecule has 0 atom stereocenters. The van der Waals surface area contributed by atoms with Crippen molar-refractivity contribution >= 4 is 34.5 Å². The number of anilines is 1.